The van der Waals surface area contributed by atoms with Gasteiger partial charge >= 0.3 is 6.03 Å². The standard InChI is InChI=1S/C19H27N3O6/c1-12(23)22-7-5-14(6-8-22)18(24)21-19(25)20-11-13-9-15(26-2)17(28-4)16(10-13)27-3/h9-10,14H,5-8,11H2,1-4H3,(H2,20,21,24,25). The van der Waals surface area contributed by atoms with Gasteiger partial charge in [-0.15, -0.1) is 0 Å². The topological polar surface area (TPSA) is 106 Å². The van der Waals surface area contributed by atoms with Crippen LogP contribution in [0.1, 0.15) is 25.3 Å². The Labute approximate surface area is 164 Å². The zero-order valence-corrected chi connectivity index (χ0v) is 16.7. The number of urea groups is 1. The van der Waals surface area contributed by atoms with E-state index in [0.717, 1.165) is 5.56 Å². The number of likely N-dealkylation sites (tertiary alicyclic amines) is 1. The maximum Gasteiger partial charge on any atom is 0.321 e. The monoisotopic (exact) mass is 393 g/mol. The summed E-state index contributed by atoms with van der Waals surface area (Å²) in [6, 6.07) is 2.87. The number of benzene rings is 1. The Kier molecular flexibility index (Phi) is 7.48. The summed E-state index contributed by atoms with van der Waals surface area (Å²) >= 11 is 0. The molecule has 1 aliphatic rings. The van der Waals surface area contributed by atoms with Gasteiger partial charge in [0.15, 0.2) is 11.5 Å². The summed E-state index contributed by atoms with van der Waals surface area (Å²) in [6.45, 7) is 2.75. The molecule has 1 heterocycles. The zero-order valence-electron chi connectivity index (χ0n) is 16.7. The third-order valence-corrected chi connectivity index (χ3v) is 4.73. The second-order valence-corrected chi connectivity index (χ2v) is 6.49. The molecule has 0 spiro atoms. The normalized spacial score (nSPS) is 14.2. The Bertz CT molecular complexity index is 703. The summed E-state index contributed by atoms with van der Waals surface area (Å²) in [4.78, 5) is 37.4. The number of hydrogen-bond acceptors (Lipinski definition) is 6. The molecule has 154 valence electrons. The van der Waals surface area contributed by atoms with Gasteiger partial charge in [-0.25, -0.2) is 4.79 Å². The molecule has 2 rings (SSSR count). The van der Waals surface area contributed by atoms with Gasteiger partial charge in [0, 0.05) is 32.5 Å². The van der Waals surface area contributed by atoms with E-state index < -0.39 is 6.03 Å². The predicted octanol–water partition coefficient (Wildman–Crippen LogP) is 1.30. The third-order valence-electron chi connectivity index (χ3n) is 4.73. The fraction of sp³-hybridized carbons (Fsp3) is 0.526. The lowest BCUT2D eigenvalue weighted by molar-refractivity contribution is -0.133. The lowest BCUT2D eigenvalue weighted by Gasteiger charge is -2.30. The van der Waals surface area contributed by atoms with Crippen LogP contribution in [0, 0.1) is 5.92 Å². The molecule has 0 aliphatic carbocycles. The van der Waals surface area contributed by atoms with Gasteiger partial charge < -0.3 is 24.4 Å². The van der Waals surface area contributed by atoms with Gasteiger partial charge in [0.2, 0.25) is 17.6 Å². The van der Waals surface area contributed by atoms with Crippen LogP contribution >= 0.6 is 0 Å². The van der Waals surface area contributed by atoms with Gasteiger partial charge in [-0.05, 0) is 30.5 Å². The van der Waals surface area contributed by atoms with E-state index in [0.29, 0.717) is 43.2 Å². The molecule has 1 fully saturated rings. The minimum Gasteiger partial charge on any atom is -0.493 e. The van der Waals surface area contributed by atoms with Gasteiger partial charge in [0.25, 0.3) is 0 Å². The van der Waals surface area contributed by atoms with Crippen LogP contribution < -0.4 is 24.8 Å². The van der Waals surface area contributed by atoms with Gasteiger partial charge in [-0.1, -0.05) is 0 Å². The molecule has 0 radical (unpaired) electrons. The number of hydrogen-bond donors (Lipinski definition) is 2. The van der Waals surface area contributed by atoms with Crippen molar-refractivity contribution in [2.75, 3.05) is 34.4 Å². The number of methoxy groups -OCH3 is 3. The molecule has 0 unspecified atom stereocenters. The van der Waals surface area contributed by atoms with Crippen LogP contribution in [0.15, 0.2) is 12.1 Å². The fourth-order valence-electron chi connectivity index (χ4n) is 3.13. The second-order valence-electron chi connectivity index (χ2n) is 6.49. The van der Waals surface area contributed by atoms with E-state index >= 15 is 0 Å². The maximum atomic E-state index is 12.2. The highest BCUT2D eigenvalue weighted by Crippen LogP contribution is 2.38. The third kappa shape index (κ3) is 5.28. The molecule has 2 N–H and O–H groups in total. The van der Waals surface area contributed by atoms with Crippen LogP contribution in [0.5, 0.6) is 17.2 Å². The number of piperidine rings is 1. The minimum absolute atomic E-state index is 0.00180. The van der Waals surface area contributed by atoms with Crippen LogP contribution in [-0.4, -0.2) is 57.2 Å². The van der Waals surface area contributed by atoms with Crippen molar-refractivity contribution >= 4 is 17.8 Å². The van der Waals surface area contributed by atoms with Crippen molar-refractivity contribution in [1.29, 1.82) is 0 Å². The smallest absolute Gasteiger partial charge is 0.321 e. The molecule has 1 aliphatic heterocycles. The molecule has 1 saturated heterocycles. The van der Waals surface area contributed by atoms with Crippen molar-refractivity contribution in [3.8, 4) is 17.2 Å². The number of rotatable bonds is 6. The number of ether oxygens (including phenoxy) is 3. The van der Waals surface area contributed by atoms with E-state index in [1.165, 1.54) is 28.3 Å². The molecule has 28 heavy (non-hydrogen) atoms. The van der Waals surface area contributed by atoms with Crippen LogP contribution in [0.2, 0.25) is 0 Å². The number of carbonyl (C=O) groups excluding carboxylic acids is 3. The fourth-order valence-corrected chi connectivity index (χ4v) is 3.13. The second kappa shape index (κ2) is 9.82. The van der Waals surface area contributed by atoms with Crippen molar-refractivity contribution in [2.24, 2.45) is 5.92 Å². The molecule has 0 aromatic heterocycles. The van der Waals surface area contributed by atoms with E-state index in [-0.39, 0.29) is 24.3 Å². The number of imide groups is 1. The van der Waals surface area contributed by atoms with Crippen molar-refractivity contribution in [3.63, 3.8) is 0 Å². The molecule has 0 bridgehead atoms. The molecule has 9 nitrogen and oxygen atoms in total. The summed E-state index contributed by atoms with van der Waals surface area (Å²) in [5.74, 6) is 0.820. The minimum atomic E-state index is -0.576. The molecule has 0 atom stereocenters. The Balaban J connectivity index is 1.89. The van der Waals surface area contributed by atoms with E-state index in [1.54, 1.807) is 17.0 Å². The van der Waals surface area contributed by atoms with E-state index in [4.69, 9.17) is 14.2 Å². The first-order valence-electron chi connectivity index (χ1n) is 9.02. The van der Waals surface area contributed by atoms with Crippen molar-refractivity contribution < 1.29 is 28.6 Å². The molecule has 4 amide bonds. The number of amides is 4. The van der Waals surface area contributed by atoms with E-state index in [1.807, 2.05) is 0 Å². The molecular formula is C19H27N3O6. The molecule has 1 aromatic rings. The lowest BCUT2D eigenvalue weighted by atomic mass is 9.96. The summed E-state index contributed by atoms with van der Waals surface area (Å²) in [6.07, 6.45) is 1.09. The van der Waals surface area contributed by atoms with Gasteiger partial charge in [-0.2, -0.15) is 0 Å². The van der Waals surface area contributed by atoms with Crippen molar-refractivity contribution in [3.05, 3.63) is 17.7 Å². The zero-order chi connectivity index (χ0) is 20.7. The van der Waals surface area contributed by atoms with E-state index in [9.17, 15) is 14.4 Å². The number of nitrogens with one attached hydrogen (secondary N) is 2. The van der Waals surface area contributed by atoms with Crippen LogP contribution in [0.25, 0.3) is 0 Å². The van der Waals surface area contributed by atoms with Crippen LogP contribution in [0.3, 0.4) is 0 Å². The quantitative estimate of drug-likeness (QED) is 0.755. The average Bonchev–Trinajstić information content (AvgIpc) is 2.71. The first-order valence-corrected chi connectivity index (χ1v) is 9.02. The average molecular weight is 393 g/mol. The van der Waals surface area contributed by atoms with Crippen LogP contribution in [0.4, 0.5) is 4.79 Å². The summed E-state index contributed by atoms with van der Waals surface area (Å²) in [7, 11) is 4.53. The largest absolute Gasteiger partial charge is 0.493 e. The molecular weight excluding hydrogens is 366 g/mol. The van der Waals surface area contributed by atoms with Crippen molar-refractivity contribution in [2.45, 2.75) is 26.3 Å². The van der Waals surface area contributed by atoms with Crippen LogP contribution in [-0.2, 0) is 16.1 Å². The number of nitrogens with zero attached hydrogens (tertiary/aromatic N) is 1. The summed E-state index contributed by atoms with van der Waals surface area (Å²) in [5, 5.41) is 5.01. The van der Waals surface area contributed by atoms with E-state index in [2.05, 4.69) is 10.6 Å². The number of carbonyl (C=O) groups is 3. The highest BCUT2D eigenvalue weighted by molar-refractivity contribution is 5.95. The molecule has 0 saturated carbocycles. The highest BCUT2D eigenvalue weighted by atomic mass is 16.5. The summed E-state index contributed by atoms with van der Waals surface area (Å²) < 4.78 is 15.8. The maximum absolute atomic E-state index is 12.2. The Morgan fingerprint density at radius 2 is 1.61 bits per heavy atom. The molecule has 1 aromatic carbocycles. The first kappa shape index (κ1) is 21.3. The first-order chi connectivity index (χ1) is 13.4. The summed E-state index contributed by atoms with van der Waals surface area (Å²) in [5.41, 5.74) is 0.729. The molecule has 9 heteroatoms. The lowest BCUT2D eigenvalue weighted by Crippen LogP contribution is -2.46. The predicted molar refractivity (Wildman–Crippen MR) is 101 cm³/mol. The SMILES string of the molecule is COc1cc(CNC(=O)NC(=O)C2CCN(C(C)=O)CC2)cc(OC)c1OC. The highest BCUT2D eigenvalue weighted by Gasteiger charge is 2.27. The van der Waals surface area contributed by atoms with Gasteiger partial charge in [0.05, 0.1) is 21.3 Å². The van der Waals surface area contributed by atoms with Gasteiger partial charge in [-0.3, -0.25) is 14.9 Å². The van der Waals surface area contributed by atoms with Crippen molar-refractivity contribution in [1.82, 2.24) is 15.5 Å². The Morgan fingerprint density at radius 3 is 2.07 bits per heavy atom. The Hall–Kier alpha value is -2.97. The Morgan fingerprint density at radius 1 is 1.04 bits per heavy atom. The van der Waals surface area contributed by atoms with Gasteiger partial charge in [0.1, 0.15) is 0 Å².